The first-order valence-corrected chi connectivity index (χ1v) is 5.27. The largest absolute Gasteiger partial charge is 0.374 e. The van der Waals surface area contributed by atoms with Crippen LogP contribution in [-0.4, -0.2) is 34.3 Å². The standard InChI is InChI=1S/C10H17N3O2/c1-7-9(6-15-12-7)10(14)13-4-2-3-8(11)5-13/h6,8,10,14H,2-5,11H2,1H3. The summed E-state index contributed by atoms with van der Waals surface area (Å²) in [5.41, 5.74) is 7.34. The fourth-order valence-corrected chi connectivity index (χ4v) is 2.01. The number of aromatic nitrogens is 1. The van der Waals surface area contributed by atoms with Crippen molar-refractivity contribution in [3.63, 3.8) is 0 Å². The van der Waals surface area contributed by atoms with E-state index in [1.165, 1.54) is 6.26 Å². The molecule has 3 N–H and O–H groups in total. The van der Waals surface area contributed by atoms with E-state index in [2.05, 4.69) is 5.16 Å². The van der Waals surface area contributed by atoms with E-state index in [1.54, 1.807) is 0 Å². The van der Waals surface area contributed by atoms with Crippen molar-refractivity contribution in [1.29, 1.82) is 0 Å². The SMILES string of the molecule is Cc1nocc1C(O)N1CCCC(N)C1. The molecule has 5 nitrogen and oxygen atoms in total. The highest BCUT2D eigenvalue weighted by Crippen LogP contribution is 2.23. The van der Waals surface area contributed by atoms with Gasteiger partial charge in [0, 0.05) is 19.1 Å². The first-order valence-electron chi connectivity index (χ1n) is 5.27. The number of nitrogens with two attached hydrogens (primary N) is 1. The van der Waals surface area contributed by atoms with Crippen LogP contribution in [-0.2, 0) is 0 Å². The van der Waals surface area contributed by atoms with E-state index < -0.39 is 6.23 Å². The van der Waals surface area contributed by atoms with Gasteiger partial charge in [-0.25, -0.2) is 0 Å². The van der Waals surface area contributed by atoms with Crippen molar-refractivity contribution < 1.29 is 9.63 Å². The van der Waals surface area contributed by atoms with Crippen LogP contribution in [0.5, 0.6) is 0 Å². The van der Waals surface area contributed by atoms with Gasteiger partial charge in [0.2, 0.25) is 0 Å². The Morgan fingerprint density at radius 3 is 3.13 bits per heavy atom. The third-order valence-electron chi connectivity index (χ3n) is 2.90. The van der Waals surface area contributed by atoms with Crippen LogP contribution in [0.25, 0.3) is 0 Å². The molecule has 0 bridgehead atoms. The maximum absolute atomic E-state index is 10.1. The zero-order valence-corrected chi connectivity index (χ0v) is 8.89. The van der Waals surface area contributed by atoms with Gasteiger partial charge < -0.3 is 15.4 Å². The van der Waals surface area contributed by atoms with Crippen LogP contribution in [0.4, 0.5) is 0 Å². The van der Waals surface area contributed by atoms with Crippen LogP contribution in [0.2, 0.25) is 0 Å². The Morgan fingerprint density at radius 1 is 1.73 bits per heavy atom. The van der Waals surface area contributed by atoms with Gasteiger partial charge in [-0.05, 0) is 19.8 Å². The number of hydrogen-bond donors (Lipinski definition) is 2. The lowest BCUT2D eigenvalue weighted by Gasteiger charge is -2.33. The van der Waals surface area contributed by atoms with Crippen LogP contribution in [0.15, 0.2) is 10.8 Å². The molecule has 1 aliphatic heterocycles. The highest BCUT2D eigenvalue weighted by atomic mass is 16.5. The van der Waals surface area contributed by atoms with Gasteiger partial charge in [0.05, 0.1) is 11.3 Å². The predicted octanol–water partition coefficient (Wildman–Crippen LogP) is 0.397. The molecule has 0 aliphatic carbocycles. The lowest BCUT2D eigenvalue weighted by atomic mass is 10.1. The lowest BCUT2D eigenvalue weighted by molar-refractivity contribution is -0.0150. The summed E-state index contributed by atoms with van der Waals surface area (Å²) in [6, 6.07) is 0.161. The topological polar surface area (TPSA) is 75.5 Å². The van der Waals surface area contributed by atoms with Crippen LogP contribution in [0.1, 0.15) is 30.3 Å². The maximum atomic E-state index is 10.1. The molecule has 5 heteroatoms. The Hall–Kier alpha value is -0.910. The molecule has 2 heterocycles. The van der Waals surface area contributed by atoms with Crippen LogP contribution in [0, 0.1) is 6.92 Å². The van der Waals surface area contributed by atoms with Crippen LogP contribution in [0.3, 0.4) is 0 Å². The molecule has 0 radical (unpaired) electrons. The molecule has 1 saturated heterocycles. The summed E-state index contributed by atoms with van der Waals surface area (Å²) in [5.74, 6) is 0. The van der Waals surface area contributed by atoms with Gasteiger partial charge in [-0.2, -0.15) is 0 Å². The summed E-state index contributed by atoms with van der Waals surface area (Å²) in [4.78, 5) is 1.97. The van der Waals surface area contributed by atoms with E-state index in [4.69, 9.17) is 10.3 Å². The van der Waals surface area contributed by atoms with Crippen molar-refractivity contribution >= 4 is 0 Å². The van der Waals surface area contributed by atoms with Gasteiger partial charge in [-0.15, -0.1) is 0 Å². The fraction of sp³-hybridized carbons (Fsp3) is 0.700. The van der Waals surface area contributed by atoms with Gasteiger partial charge in [0.15, 0.2) is 0 Å². The maximum Gasteiger partial charge on any atom is 0.138 e. The molecule has 0 amide bonds. The fourth-order valence-electron chi connectivity index (χ4n) is 2.01. The van der Waals surface area contributed by atoms with Gasteiger partial charge >= 0.3 is 0 Å². The number of hydrogen-bond acceptors (Lipinski definition) is 5. The zero-order valence-electron chi connectivity index (χ0n) is 8.89. The van der Waals surface area contributed by atoms with Crippen LogP contribution >= 0.6 is 0 Å². The van der Waals surface area contributed by atoms with E-state index in [0.29, 0.717) is 0 Å². The minimum atomic E-state index is -0.636. The van der Waals surface area contributed by atoms with Gasteiger partial charge in [-0.1, -0.05) is 5.16 Å². The Kier molecular flexibility index (Phi) is 3.04. The van der Waals surface area contributed by atoms with Crippen molar-refractivity contribution in [2.45, 2.75) is 32.0 Å². The summed E-state index contributed by atoms with van der Waals surface area (Å²) in [6.45, 7) is 3.43. The second-order valence-electron chi connectivity index (χ2n) is 4.13. The number of aryl methyl sites for hydroxylation is 1. The average molecular weight is 211 g/mol. The Morgan fingerprint density at radius 2 is 2.53 bits per heavy atom. The molecule has 0 spiro atoms. The number of rotatable bonds is 2. The molecule has 2 atom stereocenters. The van der Waals surface area contributed by atoms with E-state index in [9.17, 15) is 5.11 Å². The van der Waals surface area contributed by atoms with Crippen LogP contribution < -0.4 is 5.73 Å². The van der Waals surface area contributed by atoms with Crippen molar-refractivity contribution in [2.75, 3.05) is 13.1 Å². The Labute approximate surface area is 88.8 Å². The zero-order chi connectivity index (χ0) is 10.8. The molecule has 84 valence electrons. The van der Waals surface area contributed by atoms with Gasteiger partial charge in [0.1, 0.15) is 12.5 Å². The summed E-state index contributed by atoms with van der Waals surface area (Å²) >= 11 is 0. The van der Waals surface area contributed by atoms with Gasteiger partial charge in [0.25, 0.3) is 0 Å². The molecular weight excluding hydrogens is 194 g/mol. The first kappa shape index (κ1) is 10.6. The van der Waals surface area contributed by atoms with Gasteiger partial charge in [-0.3, -0.25) is 4.90 Å². The molecule has 2 unspecified atom stereocenters. The molecule has 1 aromatic heterocycles. The molecule has 1 aromatic rings. The van der Waals surface area contributed by atoms with Crippen molar-refractivity contribution in [2.24, 2.45) is 5.73 Å². The third kappa shape index (κ3) is 2.19. The summed E-state index contributed by atoms with van der Waals surface area (Å²) < 4.78 is 4.82. The summed E-state index contributed by atoms with van der Waals surface area (Å²) in [6.07, 6.45) is 2.93. The number of nitrogens with zero attached hydrogens (tertiary/aromatic N) is 2. The minimum absolute atomic E-state index is 0.161. The molecule has 1 aliphatic rings. The molecule has 2 rings (SSSR count). The van der Waals surface area contributed by atoms with Crippen molar-refractivity contribution in [3.8, 4) is 0 Å². The minimum Gasteiger partial charge on any atom is -0.374 e. The molecule has 0 saturated carbocycles. The lowest BCUT2D eigenvalue weighted by Crippen LogP contribution is -2.44. The molecular formula is C10H17N3O2. The Balaban J connectivity index is 2.07. The normalized spacial score (nSPS) is 25.4. The van der Waals surface area contributed by atoms with Crippen molar-refractivity contribution in [1.82, 2.24) is 10.1 Å². The van der Waals surface area contributed by atoms with Crippen molar-refractivity contribution in [3.05, 3.63) is 17.5 Å². The smallest absolute Gasteiger partial charge is 0.138 e. The van der Waals surface area contributed by atoms with E-state index in [-0.39, 0.29) is 6.04 Å². The first-order chi connectivity index (χ1) is 7.18. The second-order valence-corrected chi connectivity index (χ2v) is 4.13. The number of aliphatic hydroxyl groups is 1. The highest BCUT2D eigenvalue weighted by molar-refractivity contribution is 5.15. The summed E-state index contributed by atoms with van der Waals surface area (Å²) in [7, 11) is 0. The monoisotopic (exact) mass is 211 g/mol. The average Bonchev–Trinajstić information content (AvgIpc) is 2.63. The highest BCUT2D eigenvalue weighted by Gasteiger charge is 2.25. The number of aliphatic hydroxyl groups excluding tert-OH is 1. The summed E-state index contributed by atoms with van der Waals surface area (Å²) in [5, 5.41) is 13.9. The number of likely N-dealkylation sites (tertiary alicyclic amines) is 1. The van der Waals surface area contributed by atoms with E-state index in [1.807, 2.05) is 11.8 Å². The number of piperidine rings is 1. The second kappa shape index (κ2) is 4.30. The predicted molar refractivity (Wildman–Crippen MR) is 55.0 cm³/mol. The molecule has 0 aromatic carbocycles. The van der Waals surface area contributed by atoms with E-state index in [0.717, 1.165) is 37.2 Å². The Bertz CT molecular complexity index is 326. The van der Waals surface area contributed by atoms with E-state index >= 15 is 0 Å². The third-order valence-corrected chi connectivity index (χ3v) is 2.90. The molecule has 1 fully saturated rings. The quantitative estimate of drug-likeness (QED) is 0.740. The molecule has 15 heavy (non-hydrogen) atoms.